The fourth-order valence-electron chi connectivity index (χ4n) is 1.59. The summed E-state index contributed by atoms with van der Waals surface area (Å²) in [5, 5.41) is 2.54. The standard InChI is InChI=1S/C13H21FN2O2S/c1-3-15-10-11(2)19(17,18)16-9-8-12-4-6-13(14)7-5-12/h4-7,11,15-16H,3,8-10H2,1-2H3. The van der Waals surface area contributed by atoms with Gasteiger partial charge in [0.2, 0.25) is 10.0 Å². The van der Waals surface area contributed by atoms with E-state index in [9.17, 15) is 12.8 Å². The number of nitrogens with one attached hydrogen (secondary N) is 2. The van der Waals surface area contributed by atoms with Gasteiger partial charge in [-0.05, 0) is 37.6 Å². The highest BCUT2D eigenvalue weighted by Gasteiger charge is 2.19. The van der Waals surface area contributed by atoms with Crippen molar-refractivity contribution in [2.45, 2.75) is 25.5 Å². The average Bonchev–Trinajstić information content (AvgIpc) is 2.38. The van der Waals surface area contributed by atoms with E-state index in [0.29, 0.717) is 19.5 Å². The first-order valence-electron chi connectivity index (χ1n) is 6.39. The summed E-state index contributed by atoms with van der Waals surface area (Å²) in [4.78, 5) is 0. The van der Waals surface area contributed by atoms with E-state index in [0.717, 1.165) is 12.1 Å². The van der Waals surface area contributed by atoms with Gasteiger partial charge in [-0.25, -0.2) is 17.5 Å². The Labute approximate surface area is 114 Å². The molecule has 0 aromatic heterocycles. The summed E-state index contributed by atoms with van der Waals surface area (Å²) >= 11 is 0. The highest BCUT2D eigenvalue weighted by atomic mass is 32.2. The lowest BCUT2D eigenvalue weighted by Crippen LogP contribution is -2.39. The molecule has 0 spiro atoms. The van der Waals surface area contributed by atoms with Crippen LogP contribution in [-0.2, 0) is 16.4 Å². The molecule has 0 aliphatic carbocycles. The molecule has 0 bridgehead atoms. The van der Waals surface area contributed by atoms with Gasteiger partial charge in [-0.15, -0.1) is 0 Å². The summed E-state index contributed by atoms with van der Waals surface area (Å²) in [6.45, 7) is 5.10. The Kier molecular flexibility index (Phi) is 6.41. The first kappa shape index (κ1) is 16.1. The zero-order chi connectivity index (χ0) is 14.3. The molecule has 0 aliphatic rings. The molecule has 0 saturated heterocycles. The molecule has 1 aromatic rings. The van der Waals surface area contributed by atoms with Crippen molar-refractivity contribution in [3.8, 4) is 0 Å². The summed E-state index contributed by atoms with van der Waals surface area (Å²) in [6.07, 6.45) is 0.549. The van der Waals surface area contributed by atoms with E-state index in [2.05, 4.69) is 10.0 Å². The average molecular weight is 288 g/mol. The number of hydrogen-bond acceptors (Lipinski definition) is 3. The zero-order valence-electron chi connectivity index (χ0n) is 11.3. The molecule has 0 heterocycles. The summed E-state index contributed by atoms with van der Waals surface area (Å²) in [7, 11) is -3.30. The van der Waals surface area contributed by atoms with Crippen molar-refractivity contribution in [1.82, 2.24) is 10.0 Å². The van der Waals surface area contributed by atoms with Crippen LogP contribution in [0.3, 0.4) is 0 Å². The first-order valence-corrected chi connectivity index (χ1v) is 7.94. The van der Waals surface area contributed by atoms with Crippen molar-refractivity contribution in [2.24, 2.45) is 0 Å². The van der Waals surface area contributed by atoms with Crippen LogP contribution in [0.4, 0.5) is 4.39 Å². The molecule has 108 valence electrons. The van der Waals surface area contributed by atoms with Crippen LogP contribution in [0.2, 0.25) is 0 Å². The van der Waals surface area contributed by atoms with Gasteiger partial charge in [0.25, 0.3) is 0 Å². The predicted molar refractivity (Wildman–Crippen MR) is 75.0 cm³/mol. The number of rotatable bonds is 8. The lowest BCUT2D eigenvalue weighted by atomic mass is 10.1. The van der Waals surface area contributed by atoms with Crippen molar-refractivity contribution in [2.75, 3.05) is 19.6 Å². The van der Waals surface area contributed by atoms with Crippen LogP contribution in [0, 0.1) is 5.82 Å². The SMILES string of the molecule is CCNCC(C)S(=O)(=O)NCCc1ccc(F)cc1. The molecule has 0 radical (unpaired) electrons. The first-order chi connectivity index (χ1) is 8.95. The minimum atomic E-state index is -3.30. The van der Waals surface area contributed by atoms with Crippen LogP contribution in [0.1, 0.15) is 19.4 Å². The molecule has 0 fully saturated rings. The van der Waals surface area contributed by atoms with Gasteiger partial charge in [-0.1, -0.05) is 19.1 Å². The molecule has 0 aliphatic heterocycles. The van der Waals surface area contributed by atoms with Crippen molar-refractivity contribution < 1.29 is 12.8 Å². The van der Waals surface area contributed by atoms with E-state index < -0.39 is 15.3 Å². The second-order valence-electron chi connectivity index (χ2n) is 4.43. The predicted octanol–water partition coefficient (Wildman–Crippen LogP) is 1.29. The van der Waals surface area contributed by atoms with Gasteiger partial charge in [0, 0.05) is 13.1 Å². The van der Waals surface area contributed by atoms with Gasteiger partial charge >= 0.3 is 0 Å². The minimum absolute atomic E-state index is 0.288. The Bertz CT molecular complexity index is 474. The Morgan fingerprint density at radius 3 is 2.47 bits per heavy atom. The minimum Gasteiger partial charge on any atom is -0.316 e. The molecule has 19 heavy (non-hydrogen) atoms. The Balaban J connectivity index is 2.41. The lowest BCUT2D eigenvalue weighted by Gasteiger charge is -2.14. The Morgan fingerprint density at radius 1 is 1.26 bits per heavy atom. The monoisotopic (exact) mass is 288 g/mol. The van der Waals surface area contributed by atoms with Crippen LogP contribution in [0.15, 0.2) is 24.3 Å². The van der Waals surface area contributed by atoms with Crippen LogP contribution in [0.25, 0.3) is 0 Å². The maximum absolute atomic E-state index is 12.7. The highest BCUT2D eigenvalue weighted by molar-refractivity contribution is 7.90. The third-order valence-corrected chi connectivity index (χ3v) is 4.67. The maximum Gasteiger partial charge on any atom is 0.215 e. The topological polar surface area (TPSA) is 58.2 Å². The number of benzene rings is 1. The third-order valence-electron chi connectivity index (χ3n) is 2.84. The Hall–Kier alpha value is -0.980. The van der Waals surface area contributed by atoms with E-state index in [4.69, 9.17) is 0 Å². The van der Waals surface area contributed by atoms with E-state index in [1.807, 2.05) is 6.92 Å². The zero-order valence-corrected chi connectivity index (χ0v) is 12.1. The molecule has 6 heteroatoms. The number of hydrogen-bond donors (Lipinski definition) is 2. The van der Waals surface area contributed by atoms with Crippen molar-refractivity contribution in [1.29, 1.82) is 0 Å². The quantitative estimate of drug-likeness (QED) is 0.758. The van der Waals surface area contributed by atoms with E-state index in [-0.39, 0.29) is 5.82 Å². The second kappa shape index (κ2) is 7.57. The molecule has 0 amide bonds. The largest absolute Gasteiger partial charge is 0.316 e. The van der Waals surface area contributed by atoms with Gasteiger partial charge in [-0.2, -0.15) is 0 Å². The third kappa shape index (κ3) is 5.67. The van der Waals surface area contributed by atoms with Crippen molar-refractivity contribution >= 4 is 10.0 Å². The van der Waals surface area contributed by atoms with Crippen LogP contribution < -0.4 is 10.0 Å². The van der Waals surface area contributed by atoms with Crippen LogP contribution in [-0.4, -0.2) is 33.3 Å². The molecule has 1 atom stereocenters. The van der Waals surface area contributed by atoms with Gasteiger partial charge in [0.05, 0.1) is 5.25 Å². The van der Waals surface area contributed by atoms with E-state index >= 15 is 0 Å². The van der Waals surface area contributed by atoms with Crippen LogP contribution >= 0.6 is 0 Å². The molecule has 1 aromatic carbocycles. The normalized spacial score (nSPS) is 13.4. The molecule has 2 N–H and O–H groups in total. The van der Waals surface area contributed by atoms with E-state index in [1.54, 1.807) is 19.1 Å². The fourth-order valence-corrected chi connectivity index (χ4v) is 2.60. The summed E-state index contributed by atoms with van der Waals surface area (Å²) in [5.41, 5.74) is 0.906. The summed E-state index contributed by atoms with van der Waals surface area (Å²) in [6, 6.07) is 6.06. The Morgan fingerprint density at radius 2 is 1.89 bits per heavy atom. The number of sulfonamides is 1. The summed E-state index contributed by atoms with van der Waals surface area (Å²) < 4.78 is 39.0. The fraction of sp³-hybridized carbons (Fsp3) is 0.538. The van der Waals surface area contributed by atoms with Gasteiger partial charge in [0.1, 0.15) is 5.82 Å². The maximum atomic E-state index is 12.7. The summed E-state index contributed by atoms with van der Waals surface area (Å²) in [5.74, 6) is -0.288. The van der Waals surface area contributed by atoms with Crippen molar-refractivity contribution in [3.05, 3.63) is 35.6 Å². The highest BCUT2D eigenvalue weighted by Crippen LogP contribution is 2.03. The lowest BCUT2D eigenvalue weighted by molar-refractivity contribution is 0.560. The van der Waals surface area contributed by atoms with Gasteiger partial charge < -0.3 is 5.32 Å². The molecule has 1 unspecified atom stereocenters. The molecule has 1 rings (SSSR count). The molecular weight excluding hydrogens is 267 g/mol. The van der Waals surface area contributed by atoms with Crippen LogP contribution in [0.5, 0.6) is 0 Å². The molecule has 4 nitrogen and oxygen atoms in total. The number of halogens is 1. The van der Waals surface area contributed by atoms with Gasteiger partial charge in [-0.3, -0.25) is 0 Å². The second-order valence-corrected chi connectivity index (χ2v) is 6.62. The van der Waals surface area contributed by atoms with E-state index in [1.165, 1.54) is 12.1 Å². The van der Waals surface area contributed by atoms with Crippen molar-refractivity contribution in [3.63, 3.8) is 0 Å². The smallest absolute Gasteiger partial charge is 0.215 e. The van der Waals surface area contributed by atoms with Gasteiger partial charge in [0.15, 0.2) is 0 Å². The molecule has 0 saturated carbocycles. The molecular formula is C13H21FN2O2S.